The quantitative estimate of drug-likeness (QED) is 0.297. The van der Waals surface area contributed by atoms with E-state index < -0.39 is 6.04 Å². The Morgan fingerprint density at radius 1 is 1.08 bits per heavy atom. The highest BCUT2D eigenvalue weighted by molar-refractivity contribution is 7.59. The summed E-state index contributed by atoms with van der Waals surface area (Å²) >= 11 is 7.82. The van der Waals surface area contributed by atoms with Crippen molar-refractivity contribution >= 4 is 53.7 Å². The molecular formula is C26H28ClN5O2S2. The average molecular weight is 542 g/mol. The van der Waals surface area contributed by atoms with E-state index in [-0.39, 0.29) is 39.0 Å². The second-order valence-corrected chi connectivity index (χ2v) is 9.84. The van der Waals surface area contributed by atoms with Crippen LogP contribution >= 0.6 is 36.4 Å². The Morgan fingerprint density at radius 2 is 1.75 bits per heavy atom. The molecule has 0 radical (unpaired) electrons. The van der Waals surface area contributed by atoms with Crippen LogP contribution in [0.25, 0.3) is 5.00 Å². The number of aromatic hydroxyl groups is 1. The summed E-state index contributed by atoms with van der Waals surface area (Å²) in [4.78, 5) is 19.3. The maximum atomic E-state index is 13.0. The van der Waals surface area contributed by atoms with E-state index in [4.69, 9.17) is 16.6 Å². The zero-order valence-corrected chi connectivity index (χ0v) is 21.9. The molecular weight excluding hydrogens is 514 g/mol. The molecule has 4 aromatic rings. The fourth-order valence-corrected chi connectivity index (χ4v) is 5.40. The third-order valence-electron chi connectivity index (χ3n) is 5.89. The zero-order chi connectivity index (χ0) is 24.0. The van der Waals surface area contributed by atoms with Gasteiger partial charge in [0.15, 0.2) is 5.82 Å². The number of thiophene rings is 1. The zero-order valence-electron chi connectivity index (χ0n) is 19.3. The van der Waals surface area contributed by atoms with E-state index in [1.54, 1.807) is 23.5 Å². The van der Waals surface area contributed by atoms with Crippen LogP contribution in [0.2, 0.25) is 5.02 Å². The van der Waals surface area contributed by atoms with Crippen LogP contribution in [0.15, 0.2) is 53.5 Å². The van der Waals surface area contributed by atoms with Crippen molar-refractivity contribution in [3.8, 4) is 10.8 Å². The number of aliphatic imine (C=N–C) groups is 1. The molecule has 10 heteroatoms. The Morgan fingerprint density at radius 3 is 2.42 bits per heavy atom. The summed E-state index contributed by atoms with van der Waals surface area (Å²) in [7, 11) is 0. The lowest BCUT2D eigenvalue weighted by Gasteiger charge is -2.13. The smallest absolute Gasteiger partial charge is 0.227 e. The van der Waals surface area contributed by atoms with Crippen LogP contribution in [-0.2, 0) is 4.79 Å². The van der Waals surface area contributed by atoms with Gasteiger partial charge in [-0.3, -0.25) is 14.4 Å². The van der Waals surface area contributed by atoms with Gasteiger partial charge in [0.1, 0.15) is 22.6 Å². The Bertz CT molecular complexity index is 1430. The van der Waals surface area contributed by atoms with Crippen molar-refractivity contribution in [3.05, 3.63) is 86.8 Å². The minimum Gasteiger partial charge on any atom is -0.508 e. The number of aromatic nitrogens is 3. The molecule has 188 valence electrons. The number of carbonyl (C=O) groups is 1. The first-order valence-electron chi connectivity index (χ1n) is 10.8. The van der Waals surface area contributed by atoms with E-state index in [1.807, 2.05) is 35.8 Å². The average Bonchev–Trinajstić information content (AvgIpc) is 3.28. The van der Waals surface area contributed by atoms with Gasteiger partial charge in [0, 0.05) is 26.7 Å². The van der Waals surface area contributed by atoms with E-state index in [1.165, 1.54) is 17.0 Å². The van der Waals surface area contributed by atoms with Crippen molar-refractivity contribution in [1.82, 2.24) is 14.8 Å². The van der Waals surface area contributed by atoms with Crippen LogP contribution in [0.5, 0.6) is 5.75 Å². The lowest BCUT2D eigenvalue weighted by Crippen LogP contribution is -2.17. The predicted molar refractivity (Wildman–Crippen MR) is 152 cm³/mol. The van der Waals surface area contributed by atoms with Gasteiger partial charge in [0.25, 0.3) is 0 Å². The molecule has 0 unspecified atom stereocenters. The van der Waals surface area contributed by atoms with Crippen molar-refractivity contribution in [2.24, 2.45) is 4.99 Å². The number of hydrogen-bond acceptors (Lipinski definition) is 6. The third-order valence-corrected chi connectivity index (χ3v) is 7.33. The SMILES string of the molecule is C.Cc1sc2c(c1C)C(c1ccc(Cl)cc1)=N[C@@H](CC(=O)Nc1ccc(O)cc1)c1nnc(C)n1-2.S. The topological polar surface area (TPSA) is 92.4 Å². The molecule has 1 aliphatic heterocycles. The van der Waals surface area contributed by atoms with Gasteiger partial charge < -0.3 is 10.4 Å². The van der Waals surface area contributed by atoms with Crippen LogP contribution in [0.3, 0.4) is 0 Å². The lowest BCUT2D eigenvalue weighted by molar-refractivity contribution is -0.116. The molecule has 0 spiro atoms. The van der Waals surface area contributed by atoms with Crippen molar-refractivity contribution in [2.75, 3.05) is 5.32 Å². The number of anilines is 1. The number of benzene rings is 2. The number of fused-ring (bicyclic) bond motifs is 3. The molecule has 36 heavy (non-hydrogen) atoms. The molecule has 2 aromatic carbocycles. The molecule has 0 saturated heterocycles. The van der Waals surface area contributed by atoms with E-state index >= 15 is 0 Å². The van der Waals surface area contributed by atoms with Crippen molar-refractivity contribution in [2.45, 2.75) is 40.7 Å². The van der Waals surface area contributed by atoms with E-state index in [0.29, 0.717) is 16.5 Å². The van der Waals surface area contributed by atoms with Gasteiger partial charge in [-0.1, -0.05) is 31.2 Å². The lowest BCUT2D eigenvalue weighted by atomic mass is 9.99. The summed E-state index contributed by atoms with van der Waals surface area (Å²) in [5.74, 6) is 1.30. The standard InChI is InChI=1S/C25H22ClN5O2S.CH4.H2S/c1-13-14(2)34-25-22(13)23(16-4-6-17(26)7-5-16)28-20(24-30-29-15(3)31(24)25)12-21(33)27-18-8-10-19(32)11-9-18;;/h4-11,20,32H,12H2,1-3H3,(H,27,33);1H4;1H2/t20-;;/m0../s1. The summed E-state index contributed by atoms with van der Waals surface area (Å²) in [5, 5.41) is 22.8. The minimum atomic E-state index is -0.539. The number of carbonyl (C=O) groups excluding carboxylic acids is 1. The summed E-state index contributed by atoms with van der Waals surface area (Å²) in [5.41, 5.74) is 4.49. The van der Waals surface area contributed by atoms with Gasteiger partial charge in [-0.25, -0.2) is 0 Å². The number of nitrogens with one attached hydrogen (secondary N) is 1. The molecule has 3 heterocycles. The van der Waals surface area contributed by atoms with Crippen LogP contribution in [0.1, 0.15) is 53.1 Å². The highest BCUT2D eigenvalue weighted by atomic mass is 35.5. The third kappa shape index (κ3) is 5.04. The fraction of sp³-hybridized carbons (Fsp3) is 0.231. The number of amides is 1. The van der Waals surface area contributed by atoms with Crippen LogP contribution in [-0.4, -0.2) is 31.5 Å². The van der Waals surface area contributed by atoms with E-state index in [9.17, 15) is 9.90 Å². The first-order valence-corrected chi connectivity index (χ1v) is 12.0. The van der Waals surface area contributed by atoms with E-state index in [0.717, 1.165) is 33.2 Å². The monoisotopic (exact) mass is 541 g/mol. The fourth-order valence-electron chi connectivity index (χ4n) is 4.06. The number of hydrogen-bond donors (Lipinski definition) is 2. The Labute approximate surface area is 226 Å². The number of rotatable bonds is 4. The largest absolute Gasteiger partial charge is 0.508 e. The molecule has 1 aliphatic rings. The summed E-state index contributed by atoms with van der Waals surface area (Å²) < 4.78 is 2.02. The van der Waals surface area contributed by atoms with Gasteiger partial charge >= 0.3 is 0 Å². The van der Waals surface area contributed by atoms with Crippen LogP contribution in [0, 0.1) is 20.8 Å². The van der Waals surface area contributed by atoms with Crippen molar-refractivity contribution < 1.29 is 9.90 Å². The highest BCUT2D eigenvalue weighted by Crippen LogP contribution is 2.39. The molecule has 1 amide bonds. The summed E-state index contributed by atoms with van der Waals surface area (Å²) in [6.07, 6.45) is 0.0864. The molecule has 7 nitrogen and oxygen atoms in total. The first-order chi connectivity index (χ1) is 16.3. The molecule has 2 aromatic heterocycles. The number of phenols is 1. The molecule has 0 fully saturated rings. The summed E-state index contributed by atoms with van der Waals surface area (Å²) in [6.45, 7) is 6.09. The van der Waals surface area contributed by atoms with Gasteiger partial charge in [-0.05, 0) is 62.7 Å². The molecule has 0 bridgehead atoms. The van der Waals surface area contributed by atoms with Gasteiger partial charge in [0.2, 0.25) is 5.91 Å². The first kappa shape index (κ1) is 27.4. The molecule has 1 atom stereocenters. The van der Waals surface area contributed by atoms with Crippen LogP contribution in [0.4, 0.5) is 5.69 Å². The number of nitrogens with zero attached hydrogens (tertiary/aromatic N) is 4. The number of halogens is 1. The highest BCUT2D eigenvalue weighted by Gasteiger charge is 2.32. The predicted octanol–water partition coefficient (Wildman–Crippen LogP) is 6.28. The molecule has 5 rings (SSSR count). The van der Waals surface area contributed by atoms with Gasteiger partial charge in [-0.2, -0.15) is 13.5 Å². The minimum absolute atomic E-state index is 0. The van der Waals surface area contributed by atoms with Crippen molar-refractivity contribution in [3.63, 3.8) is 0 Å². The van der Waals surface area contributed by atoms with Crippen LogP contribution < -0.4 is 5.32 Å². The van der Waals surface area contributed by atoms with Crippen molar-refractivity contribution in [1.29, 1.82) is 0 Å². The Hall–Kier alpha value is -3.14. The molecule has 0 saturated carbocycles. The second kappa shape index (κ2) is 10.9. The maximum absolute atomic E-state index is 13.0. The van der Waals surface area contributed by atoms with Gasteiger partial charge in [-0.15, -0.1) is 21.5 Å². The Balaban J connectivity index is 0.00000180. The second-order valence-electron chi connectivity index (χ2n) is 8.20. The molecule has 0 aliphatic carbocycles. The van der Waals surface area contributed by atoms with E-state index in [2.05, 4.69) is 29.4 Å². The number of aryl methyl sites for hydroxylation is 2. The maximum Gasteiger partial charge on any atom is 0.227 e. The Kier molecular flexibility index (Phi) is 8.28. The number of phenolic OH excluding ortho intramolecular Hbond substituents is 1. The molecule has 2 N–H and O–H groups in total. The van der Waals surface area contributed by atoms with Gasteiger partial charge in [0.05, 0.1) is 12.1 Å². The normalized spacial score (nSPS) is 13.9. The summed E-state index contributed by atoms with van der Waals surface area (Å²) in [6, 6.07) is 13.4.